The van der Waals surface area contributed by atoms with E-state index in [1.807, 2.05) is 48.5 Å². The topological polar surface area (TPSA) is 65.8 Å². The van der Waals surface area contributed by atoms with Crippen molar-refractivity contribution in [1.82, 2.24) is 9.88 Å². The Kier molecular flexibility index (Phi) is 6.39. The summed E-state index contributed by atoms with van der Waals surface area (Å²) in [6.07, 6.45) is 3.66. The average molecular weight is 342 g/mol. The lowest BCUT2D eigenvalue weighted by molar-refractivity contribution is -0.0589. The summed E-state index contributed by atoms with van der Waals surface area (Å²) in [4.78, 5) is 6.49. The summed E-state index contributed by atoms with van der Waals surface area (Å²) in [6.45, 7) is 1.18. The van der Waals surface area contributed by atoms with E-state index in [1.54, 1.807) is 6.20 Å². The predicted octanol–water partition coefficient (Wildman–Crippen LogP) is 2.24. The van der Waals surface area contributed by atoms with Gasteiger partial charge in [0.25, 0.3) is 0 Å². The van der Waals surface area contributed by atoms with E-state index in [9.17, 15) is 10.2 Å². The zero-order valence-electron chi connectivity index (χ0n) is 14.4. The molecule has 3 rings (SSSR count). The number of aliphatic hydroxyl groups is 2. The van der Waals surface area contributed by atoms with Crippen LogP contribution >= 0.6 is 0 Å². The summed E-state index contributed by atoms with van der Waals surface area (Å²) in [5.74, 6) is 0.783. The standard InChI is InChI=1S/C20H26N2O3/c23-14-13-22(15-16-7-4-5-12-21-16)18-10-6-11-19(20(18)24)25-17-8-2-1-3-9-17/h1-5,7-9,12,18-20,23-24H,6,10-11,13-15H2/t18-,19+,20+/m0/s1. The second-order valence-electron chi connectivity index (χ2n) is 6.47. The van der Waals surface area contributed by atoms with Crippen LogP contribution in [0.4, 0.5) is 0 Å². The van der Waals surface area contributed by atoms with Gasteiger partial charge < -0.3 is 14.9 Å². The number of hydrogen-bond donors (Lipinski definition) is 2. The van der Waals surface area contributed by atoms with Crippen LogP contribution in [0, 0.1) is 0 Å². The van der Waals surface area contributed by atoms with E-state index in [-0.39, 0.29) is 18.8 Å². The number of para-hydroxylation sites is 1. The van der Waals surface area contributed by atoms with E-state index in [2.05, 4.69) is 9.88 Å². The average Bonchev–Trinajstić information content (AvgIpc) is 2.65. The summed E-state index contributed by atoms with van der Waals surface area (Å²) in [5.41, 5.74) is 0.939. The van der Waals surface area contributed by atoms with Crippen LogP contribution in [0.25, 0.3) is 0 Å². The zero-order valence-corrected chi connectivity index (χ0v) is 14.4. The first kappa shape index (κ1) is 17.9. The number of rotatable bonds is 7. The molecule has 134 valence electrons. The van der Waals surface area contributed by atoms with Gasteiger partial charge in [-0.1, -0.05) is 24.3 Å². The maximum Gasteiger partial charge on any atom is 0.126 e. The van der Waals surface area contributed by atoms with Gasteiger partial charge in [0.05, 0.1) is 12.3 Å². The predicted molar refractivity (Wildman–Crippen MR) is 96.2 cm³/mol. The molecule has 1 fully saturated rings. The van der Waals surface area contributed by atoms with Gasteiger partial charge in [0, 0.05) is 25.3 Å². The van der Waals surface area contributed by atoms with Crippen molar-refractivity contribution < 1.29 is 14.9 Å². The highest BCUT2D eigenvalue weighted by Crippen LogP contribution is 2.28. The molecule has 3 atom stereocenters. The number of ether oxygens (including phenoxy) is 1. The van der Waals surface area contributed by atoms with E-state index in [1.165, 1.54) is 0 Å². The van der Waals surface area contributed by atoms with Crippen LogP contribution in [0.5, 0.6) is 5.75 Å². The van der Waals surface area contributed by atoms with E-state index in [4.69, 9.17) is 4.74 Å². The first-order valence-electron chi connectivity index (χ1n) is 8.92. The maximum atomic E-state index is 10.9. The molecule has 0 aliphatic heterocycles. The van der Waals surface area contributed by atoms with Crippen LogP contribution in [0.3, 0.4) is 0 Å². The van der Waals surface area contributed by atoms with Crippen LogP contribution in [0.15, 0.2) is 54.7 Å². The maximum absolute atomic E-state index is 10.9. The molecule has 1 heterocycles. The lowest BCUT2D eigenvalue weighted by Gasteiger charge is -2.41. The number of hydrogen-bond acceptors (Lipinski definition) is 5. The smallest absolute Gasteiger partial charge is 0.126 e. The summed E-state index contributed by atoms with van der Waals surface area (Å²) >= 11 is 0. The van der Waals surface area contributed by atoms with Crippen molar-refractivity contribution in [3.8, 4) is 5.75 Å². The molecule has 0 radical (unpaired) electrons. The van der Waals surface area contributed by atoms with Crippen LogP contribution in [0.2, 0.25) is 0 Å². The number of nitrogens with zero attached hydrogens (tertiary/aromatic N) is 2. The van der Waals surface area contributed by atoms with Gasteiger partial charge in [-0.25, -0.2) is 0 Å². The molecule has 2 N–H and O–H groups in total. The highest BCUT2D eigenvalue weighted by Gasteiger charge is 2.36. The molecule has 0 bridgehead atoms. The van der Waals surface area contributed by atoms with Gasteiger partial charge in [-0.2, -0.15) is 0 Å². The first-order valence-corrected chi connectivity index (χ1v) is 8.92. The second kappa shape index (κ2) is 8.94. The first-order chi connectivity index (χ1) is 12.3. The van der Waals surface area contributed by atoms with Crippen molar-refractivity contribution >= 4 is 0 Å². The Bertz CT molecular complexity index is 623. The molecule has 0 amide bonds. The number of benzene rings is 1. The third-order valence-corrected chi connectivity index (χ3v) is 4.74. The van der Waals surface area contributed by atoms with Gasteiger partial charge in [-0.15, -0.1) is 0 Å². The Morgan fingerprint density at radius 3 is 2.60 bits per heavy atom. The van der Waals surface area contributed by atoms with Crippen molar-refractivity contribution in [1.29, 1.82) is 0 Å². The van der Waals surface area contributed by atoms with Gasteiger partial charge in [0.2, 0.25) is 0 Å². The highest BCUT2D eigenvalue weighted by atomic mass is 16.5. The molecule has 1 saturated carbocycles. The third kappa shape index (κ3) is 4.78. The monoisotopic (exact) mass is 342 g/mol. The molecular formula is C20H26N2O3. The van der Waals surface area contributed by atoms with Crippen LogP contribution < -0.4 is 4.74 Å². The number of aliphatic hydroxyl groups excluding tert-OH is 2. The quantitative estimate of drug-likeness (QED) is 0.808. The number of pyridine rings is 1. The Labute approximate surface area is 148 Å². The minimum atomic E-state index is -0.593. The summed E-state index contributed by atoms with van der Waals surface area (Å²) in [7, 11) is 0. The van der Waals surface area contributed by atoms with Crippen LogP contribution in [0.1, 0.15) is 25.0 Å². The molecule has 25 heavy (non-hydrogen) atoms. The lowest BCUT2D eigenvalue weighted by atomic mass is 9.88. The molecule has 2 aromatic rings. The summed E-state index contributed by atoms with van der Waals surface area (Å²) in [5, 5.41) is 20.4. The molecule has 1 aliphatic rings. The highest BCUT2D eigenvalue weighted by molar-refractivity contribution is 5.21. The van der Waals surface area contributed by atoms with Crippen molar-refractivity contribution in [3.05, 3.63) is 60.4 Å². The number of aromatic nitrogens is 1. The molecular weight excluding hydrogens is 316 g/mol. The Morgan fingerprint density at radius 1 is 1.08 bits per heavy atom. The molecule has 0 spiro atoms. The molecule has 1 aromatic carbocycles. The normalized spacial score (nSPS) is 23.6. The Hall–Kier alpha value is -1.95. The van der Waals surface area contributed by atoms with Gasteiger partial charge in [-0.3, -0.25) is 9.88 Å². The lowest BCUT2D eigenvalue weighted by Crippen LogP contribution is -2.53. The molecule has 5 heteroatoms. The SMILES string of the molecule is OCCN(Cc1ccccn1)[C@H]1CCC[C@@H](Oc2ccccc2)[C@@H]1O. The van der Waals surface area contributed by atoms with Gasteiger partial charge in [0.1, 0.15) is 18.0 Å². The van der Waals surface area contributed by atoms with Gasteiger partial charge in [0.15, 0.2) is 0 Å². The Morgan fingerprint density at radius 2 is 1.88 bits per heavy atom. The molecule has 1 aliphatic carbocycles. The van der Waals surface area contributed by atoms with Crippen molar-refractivity contribution in [3.63, 3.8) is 0 Å². The fourth-order valence-corrected chi connectivity index (χ4v) is 3.51. The zero-order chi connectivity index (χ0) is 17.5. The minimum Gasteiger partial charge on any atom is -0.488 e. The second-order valence-corrected chi connectivity index (χ2v) is 6.47. The molecule has 0 saturated heterocycles. The van der Waals surface area contributed by atoms with Gasteiger partial charge in [-0.05, 0) is 43.5 Å². The Balaban J connectivity index is 1.69. The van der Waals surface area contributed by atoms with E-state index >= 15 is 0 Å². The molecule has 5 nitrogen and oxygen atoms in total. The fourth-order valence-electron chi connectivity index (χ4n) is 3.51. The minimum absolute atomic E-state index is 0.0448. The van der Waals surface area contributed by atoms with Crippen molar-refractivity contribution in [2.24, 2.45) is 0 Å². The van der Waals surface area contributed by atoms with Crippen molar-refractivity contribution in [2.45, 2.75) is 44.1 Å². The third-order valence-electron chi connectivity index (χ3n) is 4.74. The fraction of sp³-hybridized carbons (Fsp3) is 0.450. The van der Waals surface area contributed by atoms with E-state index in [0.717, 1.165) is 30.7 Å². The van der Waals surface area contributed by atoms with Crippen LogP contribution in [-0.4, -0.2) is 51.5 Å². The molecule has 0 unspecified atom stereocenters. The van der Waals surface area contributed by atoms with Gasteiger partial charge >= 0.3 is 0 Å². The van der Waals surface area contributed by atoms with Crippen molar-refractivity contribution in [2.75, 3.05) is 13.2 Å². The summed E-state index contributed by atoms with van der Waals surface area (Å²) < 4.78 is 6.02. The van der Waals surface area contributed by atoms with E-state index < -0.39 is 6.10 Å². The largest absolute Gasteiger partial charge is 0.488 e. The van der Waals surface area contributed by atoms with Crippen LogP contribution in [-0.2, 0) is 6.54 Å². The van der Waals surface area contributed by atoms with E-state index in [0.29, 0.717) is 13.1 Å². The summed E-state index contributed by atoms with van der Waals surface area (Å²) in [6, 6.07) is 15.4. The molecule has 1 aromatic heterocycles.